The zero-order valence-corrected chi connectivity index (χ0v) is 17.6. The first-order valence-corrected chi connectivity index (χ1v) is 11.6. The van der Waals surface area contributed by atoms with E-state index in [1.54, 1.807) is 13.2 Å². The van der Waals surface area contributed by atoms with Gasteiger partial charge in [-0.15, -0.1) is 11.6 Å². The highest BCUT2D eigenvalue weighted by Crippen LogP contribution is 2.71. The first-order chi connectivity index (χ1) is 13.1. The van der Waals surface area contributed by atoms with E-state index in [9.17, 15) is 14.7 Å². The number of alkyl halides is 1. The average Bonchev–Trinajstić information content (AvgIpc) is 2.54. The molecule has 3 atom stereocenters. The standard InChI is InChI=1S/C18H22Cl2O7P/c1-24-18(11-2-3-14(19)15(6-11)25-28(21,22)23)17(26-27-18)12-4-10-5-13(17)9-16(20,7-10)8-12/h2-3,6,10,12-13,21-23H,4-5,7-9H2,1H3/q+1. The third kappa shape index (κ3) is 2.62. The van der Waals surface area contributed by atoms with E-state index < -0.39 is 19.6 Å². The normalized spacial score (nSPS) is 44.0. The second kappa shape index (κ2) is 6.16. The molecule has 3 unspecified atom stereocenters. The van der Waals surface area contributed by atoms with Crippen LogP contribution in [0.1, 0.15) is 37.7 Å². The Labute approximate surface area is 173 Å². The lowest BCUT2D eigenvalue weighted by Crippen LogP contribution is -2.78. The molecule has 5 aliphatic rings. The molecule has 3 N–H and O–H groups in total. The molecular weight excluding hydrogens is 430 g/mol. The Morgan fingerprint density at radius 3 is 2.29 bits per heavy atom. The van der Waals surface area contributed by atoms with Crippen LogP contribution >= 0.6 is 31.4 Å². The Morgan fingerprint density at radius 1 is 1.11 bits per heavy atom. The Kier molecular flexibility index (Phi) is 4.34. The highest BCUT2D eigenvalue weighted by atomic mass is 35.5. The average molecular weight is 452 g/mol. The van der Waals surface area contributed by atoms with Crippen molar-refractivity contribution >= 4 is 31.4 Å². The van der Waals surface area contributed by atoms with Gasteiger partial charge in [0.15, 0.2) is 5.60 Å². The zero-order chi connectivity index (χ0) is 19.9. The summed E-state index contributed by atoms with van der Waals surface area (Å²) < 4.78 is 10.8. The molecule has 1 aromatic rings. The molecule has 10 heteroatoms. The molecule has 1 aliphatic heterocycles. The number of halogens is 2. The molecule has 4 saturated carbocycles. The number of methoxy groups -OCH3 is 1. The molecule has 4 aliphatic carbocycles. The highest BCUT2D eigenvalue weighted by Gasteiger charge is 2.78. The zero-order valence-electron chi connectivity index (χ0n) is 15.2. The molecule has 1 aromatic carbocycles. The van der Waals surface area contributed by atoms with Gasteiger partial charge in [-0.05, 0) is 62.0 Å². The van der Waals surface area contributed by atoms with Crippen molar-refractivity contribution in [2.45, 2.75) is 48.4 Å². The summed E-state index contributed by atoms with van der Waals surface area (Å²) in [5.41, 5.74) is -0.100. The number of ether oxygens (including phenoxy) is 1. The predicted molar refractivity (Wildman–Crippen MR) is 101 cm³/mol. The van der Waals surface area contributed by atoms with Crippen LogP contribution in [0, 0.1) is 17.8 Å². The van der Waals surface area contributed by atoms with E-state index in [-0.39, 0.29) is 27.5 Å². The molecule has 0 aromatic heterocycles. The van der Waals surface area contributed by atoms with E-state index >= 15 is 0 Å². The van der Waals surface area contributed by atoms with E-state index in [4.69, 9.17) is 42.2 Å². The lowest BCUT2D eigenvalue weighted by molar-refractivity contribution is -0.645. The van der Waals surface area contributed by atoms with E-state index in [0.29, 0.717) is 11.5 Å². The number of rotatable bonds is 4. The highest BCUT2D eigenvalue weighted by molar-refractivity contribution is 7.53. The summed E-state index contributed by atoms with van der Waals surface area (Å²) in [5.74, 6) is -0.297. The van der Waals surface area contributed by atoms with Crippen LogP contribution in [0.2, 0.25) is 5.02 Å². The first kappa shape index (κ1) is 19.7. The molecule has 4 bridgehead atoms. The summed E-state index contributed by atoms with van der Waals surface area (Å²) in [6.45, 7) is 0. The van der Waals surface area contributed by atoms with Crippen molar-refractivity contribution in [3.63, 3.8) is 0 Å². The third-order valence-corrected chi connectivity index (χ3v) is 8.18. The Hall–Kier alpha value is -0.210. The second-order valence-electron chi connectivity index (χ2n) is 8.52. The largest absolute Gasteiger partial charge is 0.613 e. The number of hydrogen-bond donors (Lipinski definition) is 3. The van der Waals surface area contributed by atoms with E-state index in [1.807, 2.05) is 0 Å². The van der Waals surface area contributed by atoms with Crippen LogP contribution in [0.25, 0.3) is 0 Å². The van der Waals surface area contributed by atoms with Crippen LogP contribution < -0.4 is 4.52 Å². The minimum Gasteiger partial charge on any atom is -0.345 e. The van der Waals surface area contributed by atoms with E-state index in [0.717, 1.165) is 32.1 Å². The predicted octanol–water partition coefficient (Wildman–Crippen LogP) is 3.69. The fourth-order valence-corrected chi connectivity index (χ4v) is 7.47. The van der Waals surface area contributed by atoms with Gasteiger partial charge in [-0.2, -0.15) is 19.6 Å². The van der Waals surface area contributed by atoms with Crippen LogP contribution in [0.5, 0.6) is 5.75 Å². The van der Waals surface area contributed by atoms with Crippen molar-refractivity contribution in [2.24, 2.45) is 17.8 Å². The van der Waals surface area contributed by atoms with Gasteiger partial charge in [0, 0.05) is 17.5 Å². The second-order valence-corrected chi connectivity index (χ2v) is 10.9. The van der Waals surface area contributed by atoms with Crippen LogP contribution in [0.4, 0.5) is 0 Å². The van der Waals surface area contributed by atoms with Gasteiger partial charge in [0.2, 0.25) is 5.75 Å². The lowest BCUT2D eigenvalue weighted by atomic mass is 9.46. The van der Waals surface area contributed by atoms with Gasteiger partial charge in [0.25, 0.3) is 5.79 Å². The van der Waals surface area contributed by atoms with Gasteiger partial charge >= 0.3 is 8.17 Å². The monoisotopic (exact) mass is 451 g/mol. The van der Waals surface area contributed by atoms with Crippen molar-refractivity contribution in [1.82, 2.24) is 0 Å². The summed E-state index contributed by atoms with van der Waals surface area (Å²) in [6, 6.07) is 4.77. The van der Waals surface area contributed by atoms with Gasteiger partial charge in [-0.3, -0.25) is 4.52 Å². The molecule has 7 nitrogen and oxygen atoms in total. The van der Waals surface area contributed by atoms with Crippen LogP contribution in [0.3, 0.4) is 0 Å². The Balaban J connectivity index is 1.57. The summed E-state index contributed by atoms with van der Waals surface area (Å²) in [7, 11) is -2.96. The van der Waals surface area contributed by atoms with E-state index in [1.165, 1.54) is 12.1 Å². The molecule has 5 fully saturated rings. The quantitative estimate of drug-likeness (QED) is 0.364. The first-order valence-electron chi connectivity index (χ1n) is 9.29. The van der Waals surface area contributed by atoms with E-state index in [2.05, 4.69) is 0 Å². The van der Waals surface area contributed by atoms with Crippen molar-refractivity contribution < 1.29 is 33.7 Å². The number of hydrogen-bond acceptors (Lipinski definition) is 7. The molecule has 0 radical (unpaired) electrons. The molecular formula is C18H22Cl2O7P+. The minimum atomic E-state index is -4.52. The van der Waals surface area contributed by atoms with Crippen LogP contribution in [-0.2, 0) is 20.3 Å². The number of benzene rings is 1. The maximum Gasteiger partial charge on any atom is 0.613 e. The van der Waals surface area contributed by atoms with Gasteiger partial charge < -0.3 is 4.74 Å². The SMILES string of the molecule is COC1(c2ccc(Cl)c(O[P+](O)(O)O)c2)OOC12C1CC3CC2CC(Cl)(C3)C1. The topological polar surface area (TPSA) is 97.6 Å². The molecule has 154 valence electrons. The molecule has 1 saturated heterocycles. The van der Waals surface area contributed by atoms with Crippen molar-refractivity contribution in [3.05, 3.63) is 28.8 Å². The van der Waals surface area contributed by atoms with Gasteiger partial charge in [0.05, 0.1) is 5.02 Å². The minimum absolute atomic E-state index is 0.0697. The van der Waals surface area contributed by atoms with Crippen LogP contribution in [-0.4, -0.2) is 32.3 Å². The molecule has 1 heterocycles. The lowest BCUT2D eigenvalue weighted by Gasteiger charge is -2.70. The summed E-state index contributed by atoms with van der Waals surface area (Å²) in [4.78, 5) is 39.2. The smallest absolute Gasteiger partial charge is 0.345 e. The molecule has 1 spiro atoms. The van der Waals surface area contributed by atoms with Gasteiger partial charge in [0.1, 0.15) is 0 Å². The molecule has 0 amide bonds. The summed E-state index contributed by atoms with van der Waals surface area (Å²) in [6.07, 6.45) is 4.74. The molecule has 6 rings (SSSR count). The maximum absolute atomic E-state index is 9.29. The third-order valence-electron chi connectivity index (χ3n) is 6.96. The summed E-state index contributed by atoms with van der Waals surface area (Å²) >= 11 is 13.0. The maximum atomic E-state index is 9.29. The van der Waals surface area contributed by atoms with Crippen molar-refractivity contribution in [2.75, 3.05) is 7.11 Å². The fourth-order valence-electron chi connectivity index (χ4n) is 6.25. The van der Waals surface area contributed by atoms with Crippen LogP contribution in [0.15, 0.2) is 18.2 Å². The van der Waals surface area contributed by atoms with Crippen molar-refractivity contribution in [1.29, 1.82) is 0 Å². The Bertz CT molecular complexity index is 796. The fraction of sp³-hybridized carbons (Fsp3) is 0.667. The van der Waals surface area contributed by atoms with Crippen molar-refractivity contribution in [3.8, 4) is 5.75 Å². The Morgan fingerprint density at radius 2 is 1.79 bits per heavy atom. The van der Waals surface area contributed by atoms with Gasteiger partial charge in [-0.25, -0.2) is 4.89 Å². The summed E-state index contributed by atoms with van der Waals surface area (Å²) in [5, 5.41) is 0.121. The molecule has 28 heavy (non-hydrogen) atoms. The van der Waals surface area contributed by atoms with Gasteiger partial charge in [-0.1, -0.05) is 17.7 Å².